The van der Waals surface area contributed by atoms with Gasteiger partial charge in [-0.1, -0.05) is 36.8 Å². The van der Waals surface area contributed by atoms with E-state index < -0.39 is 0 Å². The minimum absolute atomic E-state index is 0.00351. The lowest BCUT2D eigenvalue weighted by molar-refractivity contribution is -0.0529. The molecule has 0 fully saturated rings. The molecule has 1 aliphatic heterocycles. The van der Waals surface area contributed by atoms with Crippen LogP contribution in [0.2, 0.25) is 0 Å². The summed E-state index contributed by atoms with van der Waals surface area (Å²) in [6.45, 7) is 16.2. The second-order valence-corrected chi connectivity index (χ2v) is 9.71. The summed E-state index contributed by atoms with van der Waals surface area (Å²) in [6.07, 6.45) is 2.81. The van der Waals surface area contributed by atoms with Gasteiger partial charge in [0.1, 0.15) is 0 Å². The molecule has 3 rings (SSSR count). The number of nitrogens with zero attached hydrogens (tertiary/aromatic N) is 1. The molecule has 0 saturated heterocycles. The molecule has 1 unspecified atom stereocenters. The highest BCUT2D eigenvalue weighted by molar-refractivity contribution is 5.95. The summed E-state index contributed by atoms with van der Waals surface area (Å²) < 4.78 is 6.42. The van der Waals surface area contributed by atoms with E-state index in [4.69, 9.17) is 4.74 Å². The van der Waals surface area contributed by atoms with Crippen molar-refractivity contribution in [3.8, 4) is 11.1 Å². The fourth-order valence-corrected chi connectivity index (χ4v) is 4.59. The minimum atomic E-state index is -0.238. The molecule has 31 heavy (non-hydrogen) atoms. The van der Waals surface area contributed by atoms with Gasteiger partial charge in [0.25, 0.3) is 0 Å². The van der Waals surface area contributed by atoms with Crippen LogP contribution in [0.3, 0.4) is 0 Å². The molecule has 1 atom stereocenters. The number of ether oxygens (including phenoxy) is 1. The Morgan fingerprint density at radius 3 is 2.48 bits per heavy atom. The first-order valence-electron chi connectivity index (χ1n) is 11.6. The Hall–Kier alpha value is -2.33. The van der Waals surface area contributed by atoms with Crippen molar-refractivity contribution in [2.45, 2.75) is 79.4 Å². The number of rotatable bonds is 5. The normalized spacial score (nSPS) is 14.9. The zero-order valence-corrected chi connectivity index (χ0v) is 20.3. The zero-order chi connectivity index (χ0) is 22.8. The van der Waals surface area contributed by atoms with Crippen LogP contribution < -0.4 is 10.2 Å². The van der Waals surface area contributed by atoms with E-state index in [-0.39, 0.29) is 17.7 Å². The van der Waals surface area contributed by atoms with Gasteiger partial charge in [-0.25, -0.2) is 4.79 Å². The number of hydrogen-bond acceptors (Lipinski definition) is 2. The summed E-state index contributed by atoms with van der Waals surface area (Å²) in [7, 11) is 0. The topological polar surface area (TPSA) is 41.6 Å². The Labute approximate surface area is 188 Å². The molecule has 0 aromatic heterocycles. The third kappa shape index (κ3) is 5.30. The van der Waals surface area contributed by atoms with Crippen LogP contribution in [0.25, 0.3) is 11.1 Å². The van der Waals surface area contributed by atoms with Crippen molar-refractivity contribution in [3.63, 3.8) is 0 Å². The highest BCUT2D eigenvalue weighted by Gasteiger charge is 2.30. The Morgan fingerprint density at radius 2 is 1.87 bits per heavy atom. The quantitative estimate of drug-likeness (QED) is 0.581. The predicted molar refractivity (Wildman–Crippen MR) is 130 cm³/mol. The van der Waals surface area contributed by atoms with E-state index in [1.807, 2.05) is 4.90 Å². The molecular weight excluding hydrogens is 384 g/mol. The van der Waals surface area contributed by atoms with E-state index in [1.54, 1.807) is 0 Å². The summed E-state index contributed by atoms with van der Waals surface area (Å²) in [5, 5.41) is 3.06. The molecule has 0 bridgehead atoms. The first-order valence-corrected chi connectivity index (χ1v) is 11.6. The molecule has 1 heterocycles. The molecule has 0 aliphatic carbocycles. The van der Waals surface area contributed by atoms with Crippen molar-refractivity contribution in [2.75, 3.05) is 18.0 Å². The van der Waals surface area contributed by atoms with Gasteiger partial charge in [0.05, 0.1) is 11.7 Å². The second kappa shape index (κ2) is 9.44. The summed E-state index contributed by atoms with van der Waals surface area (Å²) in [5.74, 6) is 0. The number of urea groups is 1. The fraction of sp³-hybridized carbons (Fsp3) is 0.519. The number of carbonyl (C=O) groups is 1. The van der Waals surface area contributed by atoms with Crippen LogP contribution in [0.4, 0.5) is 10.5 Å². The number of benzene rings is 2. The molecule has 2 amide bonds. The van der Waals surface area contributed by atoms with E-state index in [0.29, 0.717) is 6.54 Å². The Balaban J connectivity index is 2.19. The maximum absolute atomic E-state index is 12.9. The SMILES string of the molecule is CCCNC(=O)N1CCCc2c1cc(C)c(C(C)OC(C)(C)C)c2-c1ccc(C)cc1. The van der Waals surface area contributed by atoms with Gasteiger partial charge in [-0.3, -0.25) is 4.90 Å². The molecule has 0 saturated carbocycles. The van der Waals surface area contributed by atoms with Crippen LogP contribution in [0.1, 0.15) is 75.8 Å². The number of carbonyl (C=O) groups excluding carboxylic acids is 1. The summed E-state index contributed by atoms with van der Waals surface area (Å²) in [6, 6.07) is 10.9. The largest absolute Gasteiger partial charge is 0.368 e. The monoisotopic (exact) mass is 422 g/mol. The Kier molecular flexibility index (Phi) is 7.10. The van der Waals surface area contributed by atoms with Gasteiger partial charge in [-0.05, 0) is 94.7 Å². The molecule has 4 heteroatoms. The Morgan fingerprint density at radius 1 is 1.19 bits per heavy atom. The van der Waals surface area contributed by atoms with Crippen molar-refractivity contribution in [1.82, 2.24) is 5.32 Å². The van der Waals surface area contributed by atoms with Gasteiger partial charge >= 0.3 is 6.03 Å². The standard InChI is InChI=1S/C27H38N2O2/c1-8-15-28-26(30)29-16-9-10-22-23(29)17-19(3)24(20(4)31-27(5,6)7)25(22)21-13-11-18(2)12-14-21/h11-14,17,20H,8-10,15-16H2,1-7H3,(H,28,30). The van der Waals surface area contributed by atoms with Crippen LogP contribution in [-0.4, -0.2) is 24.7 Å². The first-order chi connectivity index (χ1) is 14.6. The van der Waals surface area contributed by atoms with Crippen LogP contribution in [-0.2, 0) is 11.2 Å². The molecule has 1 aliphatic rings. The molecule has 2 aromatic carbocycles. The number of anilines is 1. The lowest BCUT2D eigenvalue weighted by atomic mass is 9.84. The summed E-state index contributed by atoms with van der Waals surface area (Å²) in [5.41, 5.74) is 8.13. The van der Waals surface area contributed by atoms with Gasteiger partial charge in [0.15, 0.2) is 0 Å². The second-order valence-electron chi connectivity index (χ2n) is 9.71. The van der Waals surface area contributed by atoms with Crippen molar-refractivity contribution in [2.24, 2.45) is 0 Å². The van der Waals surface area contributed by atoms with Gasteiger partial charge in [0.2, 0.25) is 0 Å². The van der Waals surface area contributed by atoms with E-state index in [2.05, 4.69) is 84.1 Å². The molecule has 1 N–H and O–H groups in total. The summed E-state index contributed by atoms with van der Waals surface area (Å²) in [4.78, 5) is 14.8. The summed E-state index contributed by atoms with van der Waals surface area (Å²) >= 11 is 0. The van der Waals surface area contributed by atoms with E-state index in [1.165, 1.54) is 33.4 Å². The first kappa shape index (κ1) is 23.3. The minimum Gasteiger partial charge on any atom is -0.368 e. The average Bonchev–Trinajstić information content (AvgIpc) is 2.70. The Bertz CT molecular complexity index is 926. The lowest BCUT2D eigenvalue weighted by Gasteiger charge is -2.35. The maximum atomic E-state index is 12.9. The smallest absolute Gasteiger partial charge is 0.321 e. The number of nitrogens with one attached hydrogen (secondary N) is 1. The van der Waals surface area contributed by atoms with E-state index >= 15 is 0 Å². The van der Waals surface area contributed by atoms with Gasteiger partial charge in [-0.15, -0.1) is 0 Å². The van der Waals surface area contributed by atoms with Crippen molar-refractivity contribution in [1.29, 1.82) is 0 Å². The van der Waals surface area contributed by atoms with Crippen molar-refractivity contribution >= 4 is 11.7 Å². The molecule has 168 valence electrons. The fourth-order valence-electron chi connectivity index (χ4n) is 4.59. The van der Waals surface area contributed by atoms with Crippen molar-refractivity contribution < 1.29 is 9.53 Å². The molecule has 2 aromatic rings. The number of amides is 2. The molecule has 0 radical (unpaired) electrons. The third-order valence-electron chi connectivity index (χ3n) is 5.81. The maximum Gasteiger partial charge on any atom is 0.321 e. The highest BCUT2D eigenvalue weighted by atomic mass is 16.5. The molecular formula is C27H38N2O2. The van der Waals surface area contributed by atoms with Crippen molar-refractivity contribution in [3.05, 3.63) is 52.6 Å². The molecule has 4 nitrogen and oxygen atoms in total. The van der Waals surface area contributed by atoms with Crippen LogP contribution in [0.5, 0.6) is 0 Å². The van der Waals surface area contributed by atoms with Gasteiger partial charge in [0, 0.05) is 18.8 Å². The van der Waals surface area contributed by atoms with Crippen LogP contribution >= 0.6 is 0 Å². The van der Waals surface area contributed by atoms with E-state index in [9.17, 15) is 4.79 Å². The molecule has 0 spiro atoms. The average molecular weight is 423 g/mol. The number of hydrogen-bond donors (Lipinski definition) is 1. The number of aryl methyl sites for hydroxylation is 2. The van der Waals surface area contributed by atoms with E-state index in [0.717, 1.165) is 31.5 Å². The van der Waals surface area contributed by atoms with Crippen LogP contribution in [0.15, 0.2) is 30.3 Å². The lowest BCUT2D eigenvalue weighted by Crippen LogP contribution is -2.43. The zero-order valence-electron chi connectivity index (χ0n) is 20.3. The number of fused-ring (bicyclic) bond motifs is 1. The predicted octanol–water partition coefficient (Wildman–Crippen LogP) is 6.72. The van der Waals surface area contributed by atoms with Crippen LogP contribution in [0, 0.1) is 13.8 Å². The highest BCUT2D eigenvalue weighted by Crippen LogP contribution is 2.43. The van der Waals surface area contributed by atoms with Gasteiger partial charge < -0.3 is 10.1 Å². The van der Waals surface area contributed by atoms with Gasteiger partial charge in [-0.2, -0.15) is 0 Å². The third-order valence-corrected chi connectivity index (χ3v) is 5.81.